The van der Waals surface area contributed by atoms with Crippen LogP contribution < -0.4 is 0 Å². The van der Waals surface area contributed by atoms with Gasteiger partial charge in [0, 0.05) is 18.6 Å². The fourth-order valence-electron chi connectivity index (χ4n) is 3.19. The van der Waals surface area contributed by atoms with Crippen LogP contribution in [0.3, 0.4) is 0 Å². The quantitative estimate of drug-likeness (QED) is 0.747. The number of likely N-dealkylation sites (N-methyl/N-ethyl adjacent to an activating group) is 1. The normalized spacial score (nSPS) is 29.1. The van der Waals surface area contributed by atoms with Gasteiger partial charge in [0.2, 0.25) is 5.91 Å². The molecule has 2 fully saturated rings. The first-order valence-electron chi connectivity index (χ1n) is 6.65. The second-order valence-electron chi connectivity index (χ2n) is 5.70. The summed E-state index contributed by atoms with van der Waals surface area (Å²) in [5.74, 6) is 0.296. The van der Waals surface area contributed by atoms with Crippen molar-refractivity contribution in [2.24, 2.45) is 0 Å². The lowest BCUT2D eigenvalue weighted by Crippen LogP contribution is -2.55. The maximum atomic E-state index is 12.1. The van der Waals surface area contributed by atoms with Crippen LogP contribution in [0.25, 0.3) is 0 Å². The summed E-state index contributed by atoms with van der Waals surface area (Å²) in [7, 11) is 4.32. The molecule has 0 aromatic carbocycles. The first kappa shape index (κ1) is 13.3. The molecule has 1 amide bonds. The molecular formula is C13H23BrN2O. The number of likely N-dealkylation sites (tertiary alicyclic amines) is 1. The van der Waals surface area contributed by atoms with E-state index in [1.54, 1.807) is 0 Å². The van der Waals surface area contributed by atoms with Crippen molar-refractivity contribution in [3.8, 4) is 0 Å². The van der Waals surface area contributed by atoms with Crippen LogP contribution in [0.5, 0.6) is 0 Å². The van der Waals surface area contributed by atoms with Crippen molar-refractivity contribution in [2.75, 3.05) is 27.2 Å². The standard InChI is InChI=1S/C13H23BrN2O/c1-15(2)13(7-3-4-8-13)10-16-9-5-6-11(14)12(16)17/h11H,3-10H2,1-2H3. The lowest BCUT2D eigenvalue weighted by atomic mass is 9.94. The van der Waals surface area contributed by atoms with Gasteiger partial charge < -0.3 is 9.80 Å². The van der Waals surface area contributed by atoms with E-state index in [0.29, 0.717) is 5.91 Å². The minimum Gasteiger partial charge on any atom is -0.340 e. The van der Waals surface area contributed by atoms with E-state index >= 15 is 0 Å². The summed E-state index contributed by atoms with van der Waals surface area (Å²) in [5.41, 5.74) is 0.236. The second kappa shape index (κ2) is 5.27. The van der Waals surface area contributed by atoms with E-state index < -0.39 is 0 Å². The van der Waals surface area contributed by atoms with Gasteiger partial charge in [0.25, 0.3) is 0 Å². The Morgan fingerprint density at radius 2 is 2.00 bits per heavy atom. The second-order valence-corrected chi connectivity index (χ2v) is 6.80. The van der Waals surface area contributed by atoms with Gasteiger partial charge in [-0.05, 0) is 39.8 Å². The molecule has 17 heavy (non-hydrogen) atoms. The van der Waals surface area contributed by atoms with Crippen LogP contribution in [0.2, 0.25) is 0 Å². The molecule has 3 nitrogen and oxygen atoms in total. The third-order valence-electron chi connectivity index (χ3n) is 4.43. The molecule has 1 aliphatic heterocycles. The number of rotatable bonds is 3. The van der Waals surface area contributed by atoms with Crippen LogP contribution >= 0.6 is 15.9 Å². The predicted octanol–water partition coefficient (Wildman–Crippen LogP) is 2.25. The number of hydrogen-bond donors (Lipinski definition) is 0. The van der Waals surface area contributed by atoms with E-state index in [2.05, 4.69) is 39.8 Å². The van der Waals surface area contributed by atoms with Gasteiger partial charge in [0.15, 0.2) is 0 Å². The molecule has 2 rings (SSSR count). The topological polar surface area (TPSA) is 23.6 Å². The highest BCUT2D eigenvalue weighted by Crippen LogP contribution is 2.35. The van der Waals surface area contributed by atoms with Gasteiger partial charge >= 0.3 is 0 Å². The number of nitrogens with zero attached hydrogens (tertiary/aromatic N) is 2. The summed E-state index contributed by atoms with van der Waals surface area (Å²) < 4.78 is 0. The minimum absolute atomic E-state index is 0.0527. The largest absolute Gasteiger partial charge is 0.340 e. The molecular weight excluding hydrogens is 280 g/mol. The summed E-state index contributed by atoms with van der Waals surface area (Å²) in [6.07, 6.45) is 7.19. The maximum Gasteiger partial charge on any atom is 0.236 e. The molecule has 0 aromatic rings. The van der Waals surface area contributed by atoms with E-state index in [9.17, 15) is 4.79 Å². The Labute approximate surface area is 113 Å². The zero-order chi connectivity index (χ0) is 12.5. The summed E-state index contributed by atoms with van der Waals surface area (Å²) in [6, 6.07) is 0. The summed E-state index contributed by atoms with van der Waals surface area (Å²) >= 11 is 3.49. The predicted molar refractivity (Wildman–Crippen MR) is 73.4 cm³/mol. The van der Waals surface area contributed by atoms with E-state index in [0.717, 1.165) is 25.9 Å². The molecule has 2 aliphatic rings. The zero-order valence-corrected chi connectivity index (χ0v) is 12.5. The van der Waals surface area contributed by atoms with Crippen molar-refractivity contribution in [1.29, 1.82) is 0 Å². The average molecular weight is 303 g/mol. The van der Waals surface area contributed by atoms with Crippen molar-refractivity contribution < 1.29 is 4.79 Å². The van der Waals surface area contributed by atoms with Gasteiger partial charge in [-0.3, -0.25) is 4.79 Å². The number of halogens is 1. The van der Waals surface area contributed by atoms with Crippen molar-refractivity contribution in [3.63, 3.8) is 0 Å². The Morgan fingerprint density at radius 1 is 1.35 bits per heavy atom. The van der Waals surface area contributed by atoms with Gasteiger partial charge in [0.1, 0.15) is 0 Å². The van der Waals surface area contributed by atoms with E-state index in [1.807, 2.05) is 0 Å². The number of carbonyl (C=O) groups is 1. The van der Waals surface area contributed by atoms with Crippen molar-refractivity contribution in [3.05, 3.63) is 0 Å². The van der Waals surface area contributed by atoms with Crippen LogP contribution in [0.4, 0.5) is 0 Å². The molecule has 4 heteroatoms. The van der Waals surface area contributed by atoms with E-state index in [4.69, 9.17) is 0 Å². The van der Waals surface area contributed by atoms with Crippen molar-refractivity contribution in [1.82, 2.24) is 9.80 Å². The lowest BCUT2D eigenvalue weighted by Gasteiger charge is -2.42. The number of hydrogen-bond acceptors (Lipinski definition) is 2. The Kier molecular flexibility index (Phi) is 4.14. The van der Waals surface area contributed by atoms with Crippen LogP contribution in [0, 0.1) is 0 Å². The number of piperidine rings is 1. The fourth-order valence-corrected chi connectivity index (χ4v) is 3.80. The van der Waals surface area contributed by atoms with Gasteiger partial charge in [-0.15, -0.1) is 0 Å². The Morgan fingerprint density at radius 3 is 2.59 bits per heavy atom. The summed E-state index contributed by atoms with van der Waals surface area (Å²) in [5, 5.41) is 0. The molecule has 0 radical (unpaired) electrons. The van der Waals surface area contributed by atoms with E-state index in [-0.39, 0.29) is 10.4 Å². The Bertz CT molecular complexity index is 287. The lowest BCUT2D eigenvalue weighted by molar-refractivity contribution is -0.134. The molecule has 0 aromatic heterocycles. The highest BCUT2D eigenvalue weighted by Gasteiger charge is 2.40. The molecule has 1 aliphatic carbocycles. The number of carbonyl (C=O) groups excluding carboxylic acids is 1. The SMILES string of the molecule is CN(C)C1(CN2CCCC(Br)C2=O)CCCC1. The molecule has 0 spiro atoms. The fraction of sp³-hybridized carbons (Fsp3) is 0.923. The van der Waals surface area contributed by atoms with Gasteiger partial charge in [-0.2, -0.15) is 0 Å². The minimum atomic E-state index is 0.0527. The zero-order valence-electron chi connectivity index (χ0n) is 10.9. The third kappa shape index (κ3) is 2.68. The van der Waals surface area contributed by atoms with Gasteiger partial charge in [-0.25, -0.2) is 0 Å². The molecule has 0 N–H and O–H groups in total. The van der Waals surface area contributed by atoms with Crippen molar-refractivity contribution >= 4 is 21.8 Å². The molecule has 1 saturated heterocycles. The molecule has 1 unspecified atom stereocenters. The average Bonchev–Trinajstić information content (AvgIpc) is 2.75. The first-order valence-corrected chi connectivity index (χ1v) is 7.57. The monoisotopic (exact) mass is 302 g/mol. The molecule has 0 bridgehead atoms. The Hall–Kier alpha value is -0.0900. The maximum absolute atomic E-state index is 12.1. The van der Waals surface area contributed by atoms with Crippen LogP contribution in [0.1, 0.15) is 38.5 Å². The molecule has 1 atom stereocenters. The summed E-state index contributed by atoms with van der Waals surface area (Å²) in [6.45, 7) is 1.86. The Balaban J connectivity index is 2.05. The number of alkyl halides is 1. The highest BCUT2D eigenvalue weighted by atomic mass is 79.9. The smallest absolute Gasteiger partial charge is 0.236 e. The number of amides is 1. The summed E-state index contributed by atoms with van der Waals surface area (Å²) in [4.78, 5) is 16.6. The molecule has 1 saturated carbocycles. The van der Waals surface area contributed by atoms with Crippen molar-refractivity contribution in [2.45, 2.75) is 48.9 Å². The third-order valence-corrected chi connectivity index (χ3v) is 5.28. The first-order chi connectivity index (χ1) is 8.05. The van der Waals surface area contributed by atoms with Crippen LogP contribution in [-0.4, -0.2) is 53.3 Å². The van der Waals surface area contributed by atoms with Crippen LogP contribution in [0.15, 0.2) is 0 Å². The molecule has 1 heterocycles. The molecule has 98 valence electrons. The van der Waals surface area contributed by atoms with Gasteiger partial charge in [-0.1, -0.05) is 28.8 Å². The highest BCUT2D eigenvalue weighted by molar-refractivity contribution is 9.10. The van der Waals surface area contributed by atoms with E-state index in [1.165, 1.54) is 25.7 Å². The van der Waals surface area contributed by atoms with Gasteiger partial charge in [0.05, 0.1) is 4.83 Å². The van der Waals surface area contributed by atoms with Crippen LogP contribution in [-0.2, 0) is 4.79 Å².